The molecule has 0 aromatic rings. The van der Waals surface area contributed by atoms with Crippen molar-refractivity contribution in [3.63, 3.8) is 0 Å². The second-order valence-corrected chi connectivity index (χ2v) is 6.08. The normalized spacial score (nSPS) is 32.8. The Balaban J connectivity index is 1.94. The number of unbranched alkanes of at least 4 members (excludes halogenated alkanes) is 1. The molecule has 0 N–H and O–H groups in total. The number of hydrogen-bond donors (Lipinski definition) is 0. The topological polar surface area (TPSA) is 24.9 Å². The first-order chi connectivity index (χ1) is 9.15. The zero-order valence-corrected chi connectivity index (χ0v) is 13.0. The van der Waals surface area contributed by atoms with Crippen LogP contribution in [0.5, 0.6) is 0 Å². The van der Waals surface area contributed by atoms with E-state index in [2.05, 4.69) is 37.6 Å². The summed E-state index contributed by atoms with van der Waals surface area (Å²) in [6, 6.07) is 0.541. The van der Waals surface area contributed by atoms with E-state index < -0.39 is 0 Å². The summed E-state index contributed by atoms with van der Waals surface area (Å²) in [6.45, 7) is 10.7. The summed E-state index contributed by atoms with van der Waals surface area (Å²) in [6.07, 6.45) is 4.42. The maximum absolute atomic E-state index is 5.72. The maximum Gasteiger partial charge on any atom is 0.114 e. The maximum atomic E-state index is 5.72. The van der Waals surface area contributed by atoms with Gasteiger partial charge in [0, 0.05) is 19.0 Å². The second-order valence-electron chi connectivity index (χ2n) is 6.08. The van der Waals surface area contributed by atoms with Crippen LogP contribution < -0.4 is 0 Å². The van der Waals surface area contributed by atoms with Gasteiger partial charge in [-0.25, -0.2) is 0 Å². The molecular formula is C15H30N2O2. The van der Waals surface area contributed by atoms with Gasteiger partial charge in [0.05, 0.1) is 26.0 Å². The fourth-order valence-corrected chi connectivity index (χ4v) is 3.08. The number of rotatable bonds is 7. The summed E-state index contributed by atoms with van der Waals surface area (Å²) in [5.74, 6) is 0.628. The molecule has 0 spiro atoms. The van der Waals surface area contributed by atoms with E-state index in [4.69, 9.17) is 9.47 Å². The minimum Gasteiger partial charge on any atom is -0.379 e. The zero-order chi connectivity index (χ0) is 13.8. The van der Waals surface area contributed by atoms with Crippen LogP contribution in [0.15, 0.2) is 0 Å². The van der Waals surface area contributed by atoms with Crippen molar-refractivity contribution in [1.29, 1.82) is 0 Å². The van der Waals surface area contributed by atoms with Gasteiger partial charge in [0.25, 0.3) is 0 Å². The molecule has 4 unspecified atom stereocenters. The Labute approximate surface area is 118 Å². The van der Waals surface area contributed by atoms with Crippen molar-refractivity contribution >= 4 is 0 Å². The number of ether oxygens (including phenoxy) is 2. The Morgan fingerprint density at radius 2 is 2.05 bits per heavy atom. The molecule has 112 valence electrons. The van der Waals surface area contributed by atoms with Crippen LogP contribution in [0.2, 0.25) is 0 Å². The summed E-state index contributed by atoms with van der Waals surface area (Å²) >= 11 is 0. The average molecular weight is 270 g/mol. The first-order valence-corrected chi connectivity index (χ1v) is 7.82. The fourth-order valence-electron chi connectivity index (χ4n) is 3.08. The number of nitrogens with zero attached hydrogens (tertiary/aromatic N) is 2. The van der Waals surface area contributed by atoms with E-state index in [0.717, 1.165) is 26.4 Å². The Bertz CT molecular complexity index is 271. The average Bonchev–Trinajstić information content (AvgIpc) is 2.76. The SMILES string of the molecule is CCCCN(C1CCO1)C(C)N(C)C1COCC1C. The zero-order valence-electron chi connectivity index (χ0n) is 13.0. The fraction of sp³-hybridized carbons (Fsp3) is 1.00. The van der Waals surface area contributed by atoms with E-state index in [1.165, 1.54) is 19.3 Å². The highest BCUT2D eigenvalue weighted by atomic mass is 16.5. The minimum absolute atomic E-state index is 0.335. The van der Waals surface area contributed by atoms with Crippen molar-refractivity contribution in [3.8, 4) is 0 Å². The van der Waals surface area contributed by atoms with Gasteiger partial charge in [-0.2, -0.15) is 0 Å². The number of hydrogen-bond acceptors (Lipinski definition) is 4. The molecule has 4 nitrogen and oxygen atoms in total. The molecular weight excluding hydrogens is 240 g/mol. The summed E-state index contributed by atoms with van der Waals surface area (Å²) < 4.78 is 11.3. The highest BCUT2D eigenvalue weighted by molar-refractivity contribution is 4.84. The van der Waals surface area contributed by atoms with Gasteiger partial charge >= 0.3 is 0 Å². The Morgan fingerprint density at radius 3 is 2.53 bits per heavy atom. The summed E-state index contributed by atoms with van der Waals surface area (Å²) in [5.41, 5.74) is 0. The molecule has 2 fully saturated rings. The van der Waals surface area contributed by atoms with Crippen LogP contribution in [0, 0.1) is 5.92 Å². The minimum atomic E-state index is 0.335. The monoisotopic (exact) mass is 270 g/mol. The Kier molecular flexibility index (Phi) is 5.63. The predicted molar refractivity (Wildman–Crippen MR) is 77.0 cm³/mol. The lowest BCUT2D eigenvalue weighted by atomic mass is 10.0. The van der Waals surface area contributed by atoms with Crippen LogP contribution in [-0.2, 0) is 9.47 Å². The molecule has 2 aliphatic heterocycles. The lowest BCUT2D eigenvalue weighted by Gasteiger charge is -2.45. The molecule has 2 saturated heterocycles. The molecule has 0 aromatic carbocycles. The smallest absolute Gasteiger partial charge is 0.114 e. The molecule has 2 rings (SSSR count). The van der Waals surface area contributed by atoms with Gasteiger partial charge < -0.3 is 9.47 Å². The van der Waals surface area contributed by atoms with Crippen molar-refractivity contribution in [1.82, 2.24) is 9.80 Å². The lowest BCUT2D eigenvalue weighted by molar-refractivity contribution is -0.177. The molecule has 0 radical (unpaired) electrons. The quantitative estimate of drug-likeness (QED) is 0.662. The van der Waals surface area contributed by atoms with Gasteiger partial charge in [-0.1, -0.05) is 20.3 Å². The molecule has 0 aliphatic carbocycles. The van der Waals surface area contributed by atoms with E-state index in [9.17, 15) is 0 Å². The molecule has 2 heterocycles. The van der Waals surface area contributed by atoms with Crippen LogP contribution >= 0.6 is 0 Å². The van der Waals surface area contributed by atoms with Crippen molar-refractivity contribution < 1.29 is 9.47 Å². The van der Waals surface area contributed by atoms with Crippen LogP contribution in [0.1, 0.15) is 40.0 Å². The third-order valence-corrected chi connectivity index (χ3v) is 4.73. The van der Waals surface area contributed by atoms with Gasteiger partial charge in [-0.3, -0.25) is 9.80 Å². The first kappa shape index (κ1) is 15.2. The van der Waals surface area contributed by atoms with E-state index >= 15 is 0 Å². The molecule has 0 amide bonds. The molecule has 4 atom stereocenters. The number of likely N-dealkylation sites (N-methyl/N-ethyl adjacent to an activating group) is 1. The van der Waals surface area contributed by atoms with Gasteiger partial charge in [0.2, 0.25) is 0 Å². The van der Waals surface area contributed by atoms with E-state index in [1.807, 2.05) is 0 Å². The van der Waals surface area contributed by atoms with E-state index in [-0.39, 0.29) is 0 Å². The lowest BCUT2D eigenvalue weighted by Crippen LogP contribution is -2.57. The van der Waals surface area contributed by atoms with Gasteiger partial charge in [0.1, 0.15) is 6.23 Å². The van der Waals surface area contributed by atoms with Gasteiger partial charge in [-0.15, -0.1) is 0 Å². The molecule has 4 heteroatoms. The van der Waals surface area contributed by atoms with Crippen LogP contribution in [0.3, 0.4) is 0 Å². The van der Waals surface area contributed by atoms with Crippen LogP contribution in [0.4, 0.5) is 0 Å². The van der Waals surface area contributed by atoms with Crippen molar-refractivity contribution in [2.75, 3.05) is 33.4 Å². The molecule has 0 saturated carbocycles. The standard InChI is InChI=1S/C15H30N2O2/c1-5-6-8-17(15-7-9-19-15)13(3)16(4)14-11-18-10-12(14)2/h12-15H,5-11H2,1-4H3. The summed E-state index contributed by atoms with van der Waals surface area (Å²) in [4.78, 5) is 5.01. The highest BCUT2D eigenvalue weighted by Crippen LogP contribution is 2.25. The molecule has 0 aromatic heterocycles. The molecule has 19 heavy (non-hydrogen) atoms. The summed E-state index contributed by atoms with van der Waals surface area (Å²) in [7, 11) is 2.23. The predicted octanol–water partition coefficient (Wildman–Crippen LogP) is 2.15. The van der Waals surface area contributed by atoms with Crippen molar-refractivity contribution in [3.05, 3.63) is 0 Å². The largest absolute Gasteiger partial charge is 0.379 e. The molecule has 0 bridgehead atoms. The Morgan fingerprint density at radius 1 is 1.32 bits per heavy atom. The van der Waals surface area contributed by atoms with Crippen LogP contribution in [0.25, 0.3) is 0 Å². The summed E-state index contributed by atoms with van der Waals surface area (Å²) in [5, 5.41) is 0. The van der Waals surface area contributed by atoms with Crippen molar-refractivity contribution in [2.45, 2.75) is 58.5 Å². The van der Waals surface area contributed by atoms with E-state index in [0.29, 0.717) is 24.4 Å². The third-order valence-electron chi connectivity index (χ3n) is 4.73. The van der Waals surface area contributed by atoms with Crippen LogP contribution in [-0.4, -0.2) is 61.6 Å². The first-order valence-electron chi connectivity index (χ1n) is 7.82. The molecule has 2 aliphatic rings. The second kappa shape index (κ2) is 7.02. The Hall–Kier alpha value is -0.160. The van der Waals surface area contributed by atoms with Crippen molar-refractivity contribution in [2.24, 2.45) is 5.92 Å². The third kappa shape index (κ3) is 3.48. The van der Waals surface area contributed by atoms with Gasteiger partial charge in [0.15, 0.2) is 0 Å². The van der Waals surface area contributed by atoms with E-state index in [1.54, 1.807) is 0 Å². The van der Waals surface area contributed by atoms with Gasteiger partial charge in [-0.05, 0) is 26.3 Å². The highest BCUT2D eigenvalue weighted by Gasteiger charge is 2.36.